The quantitative estimate of drug-likeness (QED) is 0.779. The smallest absolute Gasteiger partial charge is 0.150 e. The third-order valence-electron chi connectivity index (χ3n) is 4.62. The number of piperidine rings is 1. The molecule has 0 saturated carbocycles. The molecular weight excluding hydrogens is 270 g/mol. The molecule has 22 heavy (non-hydrogen) atoms. The molecule has 2 nitrogen and oxygen atoms in total. The van der Waals surface area contributed by atoms with Gasteiger partial charge >= 0.3 is 0 Å². The van der Waals surface area contributed by atoms with E-state index >= 15 is 0 Å². The molecule has 0 N–H and O–H groups in total. The van der Waals surface area contributed by atoms with Crippen molar-refractivity contribution in [2.75, 3.05) is 13.1 Å². The average Bonchev–Trinajstić information content (AvgIpc) is 2.57. The van der Waals surface area contributed by atoms with Crippen LogP contribution in [0.4, 0.5) is 0 Å². The molecule has 0 aromatic heterocycles. The molecule has 114 valence electrons. The molecule has 1 saturated heterocycles. The van der Waals surface area contributed by atoms with E-state index in [-0.39, 0.29) is 0 Å². The monoisotopic (exact) mass is 293 g/mol. The van der Waals surface area contributed by atoms with E-state index in [1.54, 1.807) is 0 Å². The van der Waals surface area contributed by atoms with Crippen LogP contribution < -0.4 is 0 Å². The number of rotatable bonds is 4. The number of hydrogen-bond acceptors (Lipinski definition) is 2. The number of benzene rings is 2. The molecule has 0 radical (unpaired) electrons. The number of hydrogen-bond donors (Lipinski definition) is 0. The van der Waals surface area contributed by atoms with Crippen molar-refractivity contribution in [3.05, 3.63) is 59.7 Å². The summed E-state index contributed by atoms with van der Waals surface area (Å²) in [6, 6.07) is 16.5. The summed E-state index contributed by atoms with van der Waals surface area (Å²) in [6.07, 6.45) is 3.48. The van der Waals surface area contributed by atoms with E-state index in [9.17, 15) is 4.79 Å². The number of carbonyl (C=O) groups excluding carboxylic acids is 1. The van der Waals surface area contributed by atoms with Gasteiger partial charge in [-0.05, 0) is 54.6 Å². The van der Waals surface area contributed by atoms with Gasteiger partial charge in [0.1, 0.15) is 6.29 Å². The van der Waals surface area contributed by atoms with Crippen molar-refractivity contribution >= 4 is 6.29 Å². The van der Waals surface area contributed by atoms with E-state index in [1.807, 2.05) is 18.2 Å². The molecule has 1 fully saturated rings. The Hall–Kier alpha value is -1.93. The molecule has 0 bridgehead atoms. The zero-order valence-electron chi connectivity index (χ0n) is 13.2. The van der Waals surface area contributed by atoms with Crippen LogP contribution in [0, 0.1) is 5.92 Å². The van der Waals surface area contributed by atoms with Gasteiger partial charge < -0.3 is 0 Å². The second-order valence-corrected chi connectivity index (χ2v) is 6.36. The van der Waals surface area contributed by atoms with E-state index in [1.165, 1.54) is 29.5 Å². The Kier molecular flexibility index (Phi) is 4.69. The lowest BCUT2D eigenvalue weighted by Crippen LogP contribution is -2.32. The Labute approximate surface area is 132 Å². The SMILES string of the molecule is CC1CCN(Cc2cc(C=O)ccc2-c2ccccc2)CC1. The minimum absolute atomic E-state index is 0.764. The van der Waals surface area contributed by atoms with Gasteiger partial charge in [0.2, 0.25) is 0 Å². The Morgan fingerprint density at radius 1 is 1.09 bits per heavy atom. The van der Waals surface area contributed by atoms with Crippen LogP contribution >= 0.6 is 0 Å². The molecule has 2 aromatic rings. The lowest BCUT2D eigenvalue weighted by Gasteiger charge is -2.30. The molecule has 2 aromatic carbocycles. The molecule has 0 atom stereocenters. The minimum atomic E-state index is 0.764. The van der Waals surface area contributed by atoms with E-state index < -0.39 is 0 Å². The molecule has 0 amide bonds. The Morgan fingerprint density at radius 3 is 2.50 bits per heavy atom. The minimum Gasteiger partial charge on any atom is -0.299 e. The van der Waals surface area contributed by atoms with Crippen molar-refractivity contribution in [1.29, 1.82) is 0 Å². The summed E-state index contributed by atoms with van der Waals surface area (Å²) in [7, 11) is 0. The first-order chi connectivity index (χ1) is 10.8. The molecule has 1 heterocycles. The third kappa shape index (κ3) is 3.45. The predicted octanol–water partition coefficient (Wildman–Crippen LogP) is 4.40. The fourth-order valence-corrected chi connectivity index (χ4v) is 3.18. The Bertz CT molecular complexity index is 627. The lowest BCUT2D eigenvalue weighted by molar-refractivity contribution is 0.112. The van der Waals surface area contributed by atoms with Gasteiger partial charge in [-0.1, -0.05) is 49.4 Å². The molecule has 1 aliphatic heterocycles. The first kappa shape index (κ1) is 15.0. The van der Waals surface area contributed by atoms with Crippen molar-refractivity contribution in [2.45, 2.75) is 26.3 Å². The third-order valence-corrected chi connectivity index (χ3v) is 4.62. The standard InChI is InChI=1S/C20H23NO/c1-16-9-11-21(12-10-16)14-19-13-17(15-22)7-8-20(19)18-5-3-2-4-6-18/h2-8,13,15-16H,9-12,14H2,1H3. The summed E-state index contributed by atoms with van der Waals surface area (Å²) in [6.45, 7) is 5.57. The second kappa shape index (κ2) is 6.89. The van der Waals surface area contributed by atoms with Gasteiger partial charge in [0.15, 0.2) is 0 Å². The lowest BCUT2D eigenvalue weighted by atomic mass is 9.95. The summed E-state index contributed by atoms with van der Waals surface area (Å²) in [5, 5.41) is 0. The van der Waals surface area contributed by atoms with Crippen molar-refractivity contribution in [2.24, 2.45) is 5.92 Å². The van der Waals surface area contributed by atoms with Gasteiger partial charge in [0.25, 0.3) is 0 Å². The summed E-state index contributed by atoms with van der Waals surface area (Å²) >= 11 is 0. The first-order valence-electron chi connectivity index (χ1n) is 8.12. The summed E-state index contributed by atoms with van der Waals surface area (Å²) in [5.41, 5.74) is 4.48. The van der Waals surface area contributed by atoms with Gasteiger partial charge in [0.05, 0.1) is 0 Å². The van der Waals surface area contributed by atoms with Crippen molar-refractivity contribution in [1.82, 2.24) is 4.90 Å². The van der Waals surface area contributed by atoms with Gasteiger partial charge in [-0.2, -0.15) is 0 Å². The molecule has 2 heteroatoms. The summed E-state index contributed by atoms with van der Waals surface area (Å²) < 4.78 is 0. The van der Waals surface area contributed by atoms with Gasteiger partial charge in [-0.3, -0.25) is 9.69 Å². The van der Waals surface area contributed by atoms with Crippen LogP contribution in [0.15, 0.2) is 48.5 Å². The number of aldehydes is 1. The zero-order chi connectivity index (χ0) is 15.4. The maximum Gasteiger partial charge on any atom is 0.150 e. The van der Waals surface area contributed by atoms with Gasteiger partial charge in [-0.15, -0.1) is 0 Å². The maximum absolute atomic E-state index is 11.1. The predicted molar refractivity (Wildman–Crippen MR) is 90.9 cm³/mol. The van der Waals surface area contributed by atoms with Crippen molar-refractivity contribution in [3.63, 3.8) is 0 Å². The highest BCUT2D eigenvalue weighted by molar-refractivity contribution is 5.78. The Morgan fingerprint density at radius 2 is 1.82 bits per heavy atom. The van der Waals surface area contributed by atoms with Crippen LogP contribution in [0.5, 0.6) is 0 Å². The fourth-order valence-electron chi connectivity index (χ4n) is 3.18. The van der Waals surface area contributed by atoms with Crippen molar-refractivity contribution in [3.8, 4) is 11.1 Å². The van der Waals surface area contributed by atoms with Crippen LogP contribution in [0.3, 0.4) is 0 Å². The van der Waals surface area contributed by atoms with Gasteiger partial charge in [-0.25, -0.2) is 0 Å². The first-order valence-corrected chi connectivity index (χ1v) is 8.12. The van der Waals surface area contributed by atoms with E-state index in [0.29, 0.717) is 0 Å². The maximum atomic E-state index is 11.1. The van der Waals surface area contributed by atoms with E-state index in [4.69, 9.17) is 0 Å². The van der Waals surface area contributed by atoms with Crippen LogP contribution in [0.25, 0.3) is 11.1 Å². The van der Waals surface area contributed by atoms with E-state index in [0.717, 1.165) is 37.4 Å². The number of likely N-dealkylation sites (tertiary alicyclic amines) is 1. The highest BCUT2D eigenvalue weighted by atomic mass is 16.1. The zero-order valence-corrected chi connectivity index (χ0v) is 13.2. The molecule has 0 aliphatic carbocycles. The van der Waals surface area contributed by atoms with Gasteiger partial charge in [0, 0.05) is 12.1 Å². The normalized spacial score (nSPS) is 16.6. The largest absolute Gasteiger partial charge is 0.299 e. The van der Waals surface area contributed by atoms with Crippen LogP contribution in [0.2, 0.25) is 0 Å². The van der Waals surface area contributed by atoms with E-state index in [2.05, 4.69) is 42.2 Å². The topological polar surface area (TPSA) is 20.3 Å². The average molecular weight is 293 g/mol. The van der Waals surface area contributed by atoms with Crippen molar-refractivity contribution < 1.29 is 4.79 Å². The number of nitrogens with zero attached hydrogens (tertiary/aromatic N) is 1. The van der Waals surface area contributed by atoms with Crippen LogP contribution in [0.1, 0.15) is 35.7 Å². The molecule has 1 aliphatic rings. The fraction of sp³-hybridized carbons (Fsp3) is 0.350. The highest BCUT2D eigenvalue weighted by Gasteiger charge is 2.17. The summed E-state index contributed by atoms with van der Waals surface area (Å²) in [4.78, 5) is 13.6. The highest BCUT2D eigenvalue weighted by Crippen LogP contribution is 2.27. The molecular formula is C20H23NO. The van der Waals surface area contributed by atoms with Crippen LogP contribution in [-0.2, 0) is 6.54 Å². The summed E-state index contributed by atoms with van der Waals surface area (Å²) in [5.74, 6) is 0.839. The second-order valence-electron chi connectivity index (χ2n) is 6.36. The molecule has 0 unspecified atom stereocenters. The number of carbonyl (C=O) groups is 1. The molecule has 0 spiro atoms. The van der Waals surface area contributed by atoms with Crippen LogP contribution in [-0.4, -0.2) is 24.3 Å². The Balaban J connectivity index is 1.89. The molecule has 3 rings (SSSR count).